The number of rotatable bonds is 10. The Bertz CT molecular complexity index is 875. The second kappa shape index (κ2) is 11.4. The first-order valence-electron chi connectivity index (χ1n) is 9.90. The van der Waals surface area contributed by atoms with E-state index in [2.05, 4.69) is 4.98 Å². The van der Waals surface area contributed by atoms with Gasteiger partial charge in [-0.3, -0.25) is 4.98 Å². The molecule has 0 unspecified atom stereocenters. The highest BCUT2D eigenvalue weighted by molar-refractivity contribution is 7.09. The van der Waals surface area contributed by atoms with Crippen LogP contribution < -0.4 is 11.5 Å². The molecule has 7 heteroatoms. The van der Waals surface area contributed by atoms with Gasteiger partial charge in [0, 0.05) is 24.7 Å². The zero-order valence-corrected chi connectivity index (χ0v) is 17.5. The van der Waals surface area contributed by atoms with Crippen molar-refractivity contribution in [3.8, 4) is 0 Å². The van der Waals surface area contributed by atoms with Crippen LogP contribution in [0.15, 0.2) is 72.4 Å². The van der Waals surface area contributed by atoms with Gasteiger partial charge in [-0.1, -0.05) is 60.7 Å². The molecule has 0 bridgehead atoms. The fraction of sp³-hybridized carbons (Fsp3) is 0.304. The van der Waals surface area contributed by atoms with Crippen LogP contribution in [0.2, 0.25) is 0 Å². The third-order valence-corrected chi connectivity index (χ3v) is 5.48. The van der Waals surface area contributed by atoms with E-state index in [1.54, 1.807) is 11.7 Å². The average Bonchev–Trinajstić information content (AvgIpc) is 3.27. The summed E-state index contributed by atoms with van der Waals surface area (Å²) in [4.78, 5) is 17.1. The molecule has 0 aliphatic rings. The maximum Gasteiger partial charge on any atom is 0.508 e. The molecule has 158 valence electrons. The number of carbonyl (C=O) groups excluding carboxylic acids is 1. The van der Waals surface area contributed by atoms with E-state index in [9.17, 15) is 4.79 Å². The molecule has 1 heterocycles. The Morgan fingerprint density at radius 3 is 2.20 bits per heavy atom. The fourth-order valence-corrected chi connectivity index (χ4v) is 3.73. The van der Waals surface area contributed by atoms with Crippen molar-refractivity contribution in [2.75, 3.05) is 0 Å². The van der Waals surface area contributed by atoms with E-state index in [4.69, 9.17) is 20.9 Å². The van der Waals surface area contributed by atoms with Crippen LogP contribution in [-0.4, -0.2) is 29.3 Å². The summed E-state index contributed by atoms with van der Waals surface area (Å²) in [6.45, 7) is 0.125. The molecule has 3 rings (SSSR count). The number of ether oxygens (including phenoxy) is 2. The summed E-state index contributed by atoms with van der Waals surface area (Å²) in [5.41, 5.74) is 16.7. The Hall–Kier alpha value is -2.74. The monoisotopic (exact) mass is 425 g/mol. The number of benzene rings is 2. The molecule has 0 saturated heterocycles. The van der Waals surface area contributed by atoms with E-state index in [0.717, 1.165) is 16.0 Å². The molecule has 0 fully saturated rings. The SMILES string of the molecule is N[C@@H](Cc1ccccc1)C[C@H](OC(=O)OCc1cncs1)[C@@H](N)Cc1ccccc1. The zero-order valence-electron chi connectivity index (χ0n) is 16.7. The highest BCUT2D eigenvalue weighted by Crippen LogP contribution is 2.16. The van der Waals surface area contributed by atoms with Gasteiger partial charge in [-0.25, -0.2) is 4.79 Å². The molecule has 0 amide bonds. The summed E-state index contributed by atoms with van der Waals surface area (Å²) in [5.74, 6) is 0. The van der Waals surface area contributed by atoms with Gasteiger partial charge >= 0.3 is 6.16 Å². The van der Waals surface area contributed by atoms with E-state index < -0.39 is 18.3 Å². The lowest BCUT2D eigenvalue weighted by atomic mass is 9.94. The van der Waals surface area contributed by atoms with Crippen LogP contribution in [0.1, 0.15) is 22.4 Å². The Balaban J connectivity index is 1.61. The van der Waals surface area contributed by atoms with Gasteiger partial charge in [0.05, 0.1) is 10.4 Å². The normalized spacial score (nSPS) is 13.9. The maximum absolute atomic E-state index is 12.3. The summed E-state index contributed by atoms with van der Waals surface area (Å²) in [7, 11) is 0. The molecule has 3 atom stereocenters. The van der Waals surface area contributed by atoms with Crippen molar-refractivity contribution in [2.45, 2.75) is 44.1 Å². The lowest BCUT2D eigenvalue weighted by Crippen LogP contribution is -2.44. The van der Waals surface area contributed by atoms with Gasteiger partial charge < -0.3 is 20.9 Å². The quantitative estimate of drug-likeness (QED) is 0.481. The van der Waals surface area contributed by atoms with Crippen LogP contribution in [0.3, 0.4) is 0 Å². The van der Waals surface area contributed by atoms with Crippen LogP contribution in [0, 0.1) is 0 Å². The van der Waals surface area contributed by atoms with Gasteiger partial charge in [0.1, 0.15) is 12.7 Å². The molecule has 0 aliphatic carbocycles. The summed E-state index contributed by atoms with van der Waals surface area (Å²) < 4.78 is 10.8. The Labute approximate surface area is 180 Å². The fourth-order valence-electron chi connectivity index (χ4n) is 3.23. The second-order valence-corrected chi connectivity index (χ2v) is 8.17. The third-order valence-electron chi connectivity index (χ3n) is 4.73. The molecule has 0 saturated carbocycles. The molecule has 3 aromatic rings. The number of nitrogens with two attached hydrogens (primary N) is 2. The molecule has 2 aromatic carbocycles. The molecule has 6 nitrogen and oxygen atoms in total. The minimum Gasteiger partial charge on any atom is -0.429 e. The van der Waals surface area contributed by atoms with Crippen molar-refractivity contribution < 1.29 is 14.3 Å². The number of hydrogen-bond acceptors (Lipinski definition) is 7. The summed E-state index contributed by atoms with van der Waals surface area (Å²) in [6.07, 6.45) is 2.05. The molecular formula is C23H27N3O3S. The lowest BCUT2D eigenvalue weighted by molar-refractivity contribution is 0.00611. The van der Waals surface area contributed by atoms with Crippen molar-refractivity contribution >= 4 is 17.5 Å². The second-order valence-electron chi connectivity index (χ2n) is 7.20. The van der Waals surface area contributed by atoms with Crippen LogP contribution in [0.5, 0.6) is 0 Å². The minimum absolute atomic E-state index is 0.125. The molecule has 0 aliphatic heterocycles. The number of nitrogens with zero attached hydrogens (tertiary/aromatic N) is 1. The van der Waals surface area contributed by atoms with Gasteiger partial charge in [0.25, 0.3) is 0 Å². The van der Waals surface area contributed by atoms with Crippen LogP contribution in [0.4, 0.5) is 4.79 Å². The van der Waals surface area contributed by atoms with E-state index >= 15 is 0 Å². The first kappa shape index (κ1) is 22.0. The number of thiazole rings is 1. The average molecular weight is 426 g/mol. The van der Waals surface area contributed by atoms with Crippen molar-refractivity contribution in [3.05, 3.63) is 88.4 Å². The van der Waals surface area contributed by atoms with E-state index in [0.29, 0.717) is 19.3 Å². The number of aromatic nitrogens is 1. The van der Waals surface area contributed by atoms with Crippen molar-refractivity contribution in [2.24, 2.45) is 11.5 Å². The van der Waals surface area contributed by atoms with E-state index in [-0.39, 0.29) is 12.6 Å². The summed E-state index contributed by atoms with van der Waals surface area (Å²) in [5, 5.41) is 0. The van der Waals surface area contributed by atoms with E-state index in [1.807, 2.05) is 60.7 Å². The van der Waals surface area contributed by atoms with Crippen LogP contribution in [0.25, 0.3) is 0 Å². The minimum atomic E-state index is -0.746. The topological polar surface area (TPSA) is 100 Å². The third kappa shape index (κ3) is 7.26. The predicted molar refractivity (Wildman–Crippen MR) is 118 cm³/mol. The smallest absolute Gasteiger partial charge is 0.429 e. The molecule has 0 radical (unpaired) electrons. The van der Waals surface area contributed by atoms with Crippen LogP contribution in [-0.2, 0) is 28.9 Å². The standard InChI is InChI=1S/C23H27N3O3S/c24-19(11-17-7-3-1-4-8-17)13-22(21(25)12-18-9-5-2-6-10-18)29-23(27)28-15-20-14-26-16-30-20/h1-10,14,16,19,21-22H,11-13,15,24-25H2/t19-,21-,22-/m0/s1. The van der Waals surface area contributed by atoms with Gasteiger partial charge in [0.15, 0.2) is 0 Å². The lowest BCUT2D eigenvalue weighted by Gasteiger charge is -2.26. The first-order chi connectivity index (χ1) is 14.6. The van der Waals surface area contributed by atoms with Crippen molar-refractivity contribution in [1.29, 1.82) is 0 Å². The molecular weight excluding hydrogens is 398 g/mol. The predicted octanol–water partition coefficient (Wildman–Crippen LogP) is 3.70. The highest BCUT2D eigenvalue weighted by Gasteiger charge is 2.26. The Kier molecular flexibility index (Phi) is 8.38. The molecule has 30 heavy (non-hydrogen) atoms. The number of hydrogen-bond donors (Lipinski definition) is 2. The van der Waals surface area contributed by atoms with Crippen LogP contribution >= 0.6 is 11.3 Å². The van der Waals surface area contributed by atoms with Gasteiger partial charge in [-0.15, -0.1) is 11.3 Å². The number of carbonyl (C=O) groups is 1. The van der Waals surface area contributed by atoms with Crippen molar-refractivity contribution in [1.82, 2.24) is 4.98 Å². The van der Waals surface area contributed by atoms with Gasteiger partial charge in [0.2, 0.25) is 0 Å². The Morgan fingerprint density at radius 1 is 0.967 bits per heavy atom. The molecule has 1 aromatic heterocycles. The highest BCUT2D eigenvalue weighted by atomic mass is 32.1. The molecule has 0 spiro atoms. The Morgan fingerprint density at radius 2 is 1.60 bits per heavy atom. The van der Waals surface area contributed by atoms with Crippen molar-refractivity contribution in [3.63, 3.8) is 0 Å². The van der Waals surface area contributed by atoms with Gasteiger partial charge in [-0.05, 0) is 24.0 Å². The maximum atomic E-state index is 12.3. The summed E-state index contributed by atoms with van der Waals surface area (Å²) >= 11 is 1.42. The molecule has 4 N–H and O–H groups in total. The zero-order chi connectivity index (χ0) is 21.2. The summed E-state index contributed by atoms with van der Waals surface area (Å²) in [6, 6.07) is 19.3. The van der Waals surface area contributed by atoms with Gasteiger partial charge in [-0.2, -0.15) is 0 Å². The first-order valence-corrected chi connectivity index (χ1v) is 10.8. The van der Waals surface area contributed by atoms with E-state index in [1.165, 1.54) is 11.3 Å². The largest absolute Gasteiger partial charge is 0.508 e.